The van der Waals surface area contributed by atoms with E-state index in [9.17, 15) is 34.2 Å². The smallest absolute Gasteiger partial charge is 0.350 e. The number of nitro benzene ring substituents is 1. The fourth-order valence-corrected chi connectivity index (χ4v) is 2.05. The van der Waals surface area contributed by atoms with Gasteiger partial charge in [0.15, 0.2) is 17.3 Å². The maximum absolute atomic E-state index is 14.2. The zero-order valence-corrected chi connectivity index (χ0v) is 12.0. The molecular formula is C14H7F2N3O6. The van der Waals surface area contributed by atoms with Gasteiger partial charge in [-0.1, -0.05) is 5.16 Å². The van der Waals surface area contributed by atoms with Crippen LogP contribution in [-0.2, 0) is 0 Å². The molecular weight excluding hydrogens is 344 g/mol. The Hall–Kier alpha value is -3.76. The number of rotatable bonds is 3. The largest absolute Gasteiger partial charge is 0.505 e. The molecule has 0 atom stereocenters. The summed E-state index contributed by atoms with van der Waals surface area (Å²) in [6.07, 6.45) is 0. The second kappa shape index (κ2) is 5.70. The molecule has 3 aromatic rings. The summed E-state index contributed by atoms with van der Waals surface area (Å²) >= 11 is 0. The van der Waals surface area contributed by atoms with Crippen LogP contribution in [0.2, 0.25) is 0 Å². The highest BCUT2D eigenvalue weighted by Gasteiger charge is 2.30. The average molecular weight is 351 g/mol. The lowest BCUT2D eigenvalue weighted by Gasteiger charge is -2.03. The Labute approximate surface area is 136 Å². The summed E-state index contributed by atoms with van der Waals surface area (Å²) < 4.78 is 32.1. The van der Waals surface area contributed by atoms with Crippen LogP contribution in [0.5, 0.6) is 17.2 Å². The second-order valence-electron chi connectivity index (χ2n) is 4.80. The third-order valence-electron chi connectivity index (χ3n) is 3.24. The molecule has 11 heteroatoms. The van der Waals surface area contributed by atoms with E-state index in [2.05, 4.69) is 10.1 Å². The van der Waals surface area contributed by atoms with Gasteiger partial charge in [0.2, 0.25) is 17.4 Å². The molecule has 25 heavy (non-hydrogen) atoms. The molecule has 0 aliphatic rings. The molecule has 0 aliphatic heterocycles. The van der Waals surface area contributed by atoms with Gasteiger partial charge in [-0.2, -0.15) is 9.37 Å². The van der Waals surface area contributed by atoms with E-state index >= 15 is 0 Å². The standard InChI is InChI=1S/C14H7F2N3O6/c15-7-2-1-5(3-8(7)20)13-17-14(25-18-13)6-4-9(21)12(22)11(10(6)16)19(23)24/h1-4,20-22H. The van der Waals surface area contributed by atoms with Crippen molar-refractivity contribution < 1.29 is 33.5 Å². The van der Waals surface area contributed by atoms with Crippen molar-refractivity contribution in [2.45, 2.75) is 0 Å². The number of hydrogen-bond donors (Lipinski definition) is 3. The zero-order chi connectivity index (χ0) is 18.3. The number of hydrogen-bond acceptors (Lipinski definition) is 8. The molecule has 9 nitrogen and oxygen atoms in total. The Bertz CT molecular complexity index is 1000. The third-order valence-corrected chi connectivity index (χ3v) is 3.24. The van der Waals surface area contributed by atoms with Gasteiger partial charge in [-0.05, 0) is 18.2 Å². The minimum atomic E-state index is -1.49. The van der Waals surface area contributed by atoms with Crippen molar-refractivity contribution in [2.75, 3.05) is 0 Å². The first-order valence-corrected chi connectivity index (χ1v) is 6.51. The Morgan fingerprint density at radius 3 is 2.48 bits per heavy atom. The number of halogens is 2. The zero-order valence-electron chi connectivity index (χ0n) is 12.0. The van der Waals surface area contributed by atoms with E-state index in [-0.39, 0.29) is 11.4 Å². The fourth-order valence-electron chi connectivity index (χ4n) is 2.05. The van der Waals surface area contributed by atoms with Crippen LogP contribution in [0.4, 0.5) is 14.5 Å². The van der Waals surface area contributed by atoms with Gasteiger partial charge in [0.05, 0.1) is 10.5 Å². The molecule has 0 radical (unpaired) electrons. The van der Waals surface area contributed by atoms with Crippen LogP contribution in [0.15, 0.2) is 28.8 Å². The van der Waals surface area contributed by atoms with Crippen molar-refractivity contribution in [3.63, 3.8) is 0 Å². The van der Waals surface area contributed by atoms with Gasteiger partial charge in [-0.25, -0.2) is 4.39 Å². The molecule has 0 saturated carbocycles. The molecule has 3 N–H and O–H groups in total. The molecule has 128 valence electrons. The Kier molecular flexibility index (Phi) is 3.68. The van der Waals surface area contributed by atoms with E-state index in [4.69, 9.17) is 4.52 Å². The van der Waals surface area contributed by atoms with Crippen LogP contribution in [0, 0.1) is 21.7 Å². The van der Waals surface area contributed by atoms with Gasteiger partial charge in [-0.15, -0.1) is 0 Å². The highest BCUT2D eigenvalue weighted by atomic mass is 19.1. The van der Waals surface area contributed by atoms with E-state index in [0.717, 1.165) is 12.1 Å². The molecule has 1 aromatic heterocycles. The number of benzene rings is 2. The van der Waals surface area contributed by atoms with E-state index in [1.54, 1.807) is 0 Å². The molecule has 3 rings (SSSR count). The number of aromatic nitrogens is 2. The first-order chi connectivity index (χ1) is 11.8. The predicted octanol–water partition coefficient (Wildman–Crippen LogP) is 2.71. The summed E-state index contributed by atoms with van der Waals surface area (Å²) in [7, 11) is 0. The maximum atomic E-state index is 14.2. The van der Waals surface area contributed by atoms with Crippen molar-refractivity contribution in [3.05, 3.63) is 46.0 Å². The van der Waals surface area contributed by atoms with Gasteiger partial charge in [0.25, 0.3) is 5.89 Å². The van der Waals surface area contributed by atoms with Gasteiger partial charge in [0.1, 0.15) is 0 Å². The summed E-state index contributed by atoms with van der Waals surface area (Å²) in [4.78, 5) is 13.4. The maximum Gasteiger partial charge on any atom is 0.350 e. The topological polar surface area (TPSA) is 143 Å². The minimum absolute atomic E-state index is 0.131. The fraction of sp³-hybridized carbons (Fsp3) is 0. The number of nitrogens with zero attached hydrogens (tertiary/aromatic N) is 3. The third kappa shape index (κ3) is 2.67. The first-order valence-electron chi connectivity index (χ1n) is 6.51. The van der Waals surface area contributed by atoms with E-state index in [1.807, 2.05) is 0 Å². The molecule has 0 spiro atoms. The first kappa shape index (κ1) is 16.1. The van der Waals surface area contributed by atoms with Gasteiger partial charge in [0, 0.05) is 11.6 Å². The molecule has 0 saturated heterocycles. The van der Waals surface area contributed by atoms with E-state index in [1.165, 1.54) is 6.07 Å². The summed E-state index contributed by atoms with van der Waals surface area (Å²) in [5.74, 6) is -5.94. The molecule has 0 fully saturated rings. The molecule has 0 bridgehead atoms. The van der Waals surface area contributed by atoms with Crippen molar-refractivity contribution in [1.29, 1.82) is 0 Å². The minimum Gasteiger partial charge on any atom is -0.505 e. The molecule has 0 aliphatic carbocycles. The summed E-state index contributed by atoms with van der Waals surface area (Å²) in [6.45, 7) is 0. The second-order valence-corrected chi connectivity index (χ2v) is 4.80. The number of phenols is 3. The van der Waals surface area contributed by atoms with Crippen molar-refractivity contribution in [1.82, 2.24) is 10.1 Å². The quantitative estimate of drug-likeness (QED) is 0.371. The number of phenolic OH excluding ortho intramolecular Hbond substituents is 3. The Morgan fingerprint density at radius 1 is 1.12 bits per heavy atom. The van der Waals surface area contributed by atoms with Crippen molar-refractivity contribution in [3.8, 4) is 40.1 Å². The molecule has 0 unspecified atom stereocenters. The van der Waals surface area contributed by atoms with Crippen LogP contribution >= 0.6 is 0 Å². The molecule has 0 amide bonds. The number of nitro groups is 1. The monoisotopic (exact) mass is 351 g/mol. The van der Waals surface area contributed by atoms with Gasteiger partial charge in [-0.3, -0.25) is 10.1 Å². The van der Waals surface area contributed by atoms with Crippen LogP contribution < -0.4 is 0 Å². The highest BCUT2D eigenvalue weighted by Crippen LogP contribution is 2.42. The lowest BCUT2D eigenvalue weighted by Crippen LogP contribution is -1.96. The molecule has 2 aromatic carbocycles. The summed E-state index contributed by atoms with van der Waals surface area (Å²) in [5, 5.41) is 42.6. The summed E-state index contributed by atoms with van der Waals surface area (Å²) in [5.41, 5.74) is -1.84. The SMILES string of the molecule is O=[N+]([O-])c1c(O)c(O)cc(-c2nc(-c3ccc(F)c(O)c3)no2)c1F. The lowest BCUT2D eigenvalue weighted by molar-refractivity contribution is -0.388. The normalized spacial score (nSPS) is 10.8. The van der Waals surface area contributed by atoms with E-state index in [0.29, 0.717) is 6.07 Å². The Balaban J connectivity index is 2.11. The van der Waals surface area contributed by atoms with Crippen LogP contribution in [0.1, 0.15) is 0 Å². The Morgan fingerprint density at radius 2 is 1.84 bits per heavy atom. The predicted molar refractivity (Wildman–Crippen MR) is 76.7 cm³/mol. The highest BCUT2D eigenvalue weighted by molar-refractivity contribution is 5.70. The lowest BCUT2D eigenvalue weighted by atomic mass is 10.1. The van der Waals surface area contributed by atoms with Crippen LogP contribution in [-0.4, -0.2) is 30.4 Å². The van der Waals surface area contributed by atoms with Gasteiger partial charge < -0.3 is 19.8 Å². The molecule has 1 heterocycles. The number of aromatic hydroxyl groups is 3. The summed E-state index contributed by atoms with van der Waals surface area (Å²) in [6, 6.07) is 3.84. The van der Waals surface area contributed by atoms with Crippen LogP contribution in [0.25, 0.3) is 22.8 Å². The average Bonchev–Trinajstić information content (AvgIpc) is 3.03. The van der Waals surface area contributed by atoms with E-state index < -0.39 is 50.9 Å². The van der Waals surface area contributed by atoms with Crippen molar-refractivity contribution >= 4 is 5.69 Å². The van der Waals surface area contributed by atoms with Gasteiger partial charge >= 0.3 is 5.69 Å². The van der Waals surface area contributed by atoms with Crippen molar-refractivity contribution in [2.24, 2.45) is 0 Å². The van der Waals surface area contributed by atoms with Crippen LogP contribution in [0.3, 0.4) is 0 Å².